The molecule has 0 atom stereocenters. The number of aryl methyl sites for hydroxylation is 1. The molecule has 0 saturated heterocycles. The summed E-state index contributed by atoms with van der Waals surface area (Å²) in [6.45, 7) is 0.554. The minimum Gasteiger partial charge on any atom is -0.478 e. The maximum Gasteiger partial charge on any atom is 0.335 e. The molecule has 0 unspecified atom stereocenters. The Morgan fingerprint density at radius 3 is 2.94 bits per heavy atom. The Hall–Kier alpha value is -2.30. The van der Waals surface area contributed by atoms with Crippen LogP contribution in [0.1, 0.15) is 15.9 Å². The van der Waals surface area contributed by atoms with E-state index in [1.54, 1.807) is 22.9 Å². The van der Waals surface area contributed by atoms with Gasteiger partial charge in [0.1, 0.15) is 5.82 Å². The summed E-state index contributed by atoms with van der Waals surface area (Å²) < 4.78 is 1.70. The van der Waals surface area contributed by atoms with Crippen LogP contribution in [0.3, 0.4) is 0 Å². The highest BCUT2D eigenvalue weighted by Gasteiger charge is 2.03. The molecular weight excluding hydrogens is 218 g/mol. The van der Waals surface area contributed by atoms with Crippen LogP contribution in [-0.2, 0) is 13.6 Å². The molecular formula is C12H13N3O2. The average molecular weight is 231 g/mol. The lowest BCUT2D eigenvalue weighted by Gasteiger charge is -2.04. The lowest BCUT2D eigenvalue weighted by molar-refractivity contribution is 0.0697. The van der Waals surface area contributed by atoms with Crippen molar-refractivity contribution in [2.24, 2.45) is 7.05 Å². The summed E-state index contributed by atoms with van der Waals surface area (Å²) in [5.74, 6) is -0.141. The Bertz CT molecular complexity index is 534. The Morgan fingerprint density at radius 2 is 2.29 bits per heavy atom. The lowest BCUT2D eigenvalue weighted by Crippen LogP contribution is -2.03. The highest BCUT2D eigenvalue weighted by molar-refractivity contribution is 5.87. The van der Waals surface area contributed by atoms with Gasteiger partial charge in [0.2, 0.25) is 0 Å². The smallest absolute Gasteiger partial charge is 0.335 e. The highest BCUT2D eigenvalue weighted by Crippen LogP contribution is 2.08. The first-order valence-corrected chi connectivity index (χ1v) is 5.21. The first-order valence-electron chi connectivity index (χ1n) is 5.21. The number of benzene rings is 1. The molecule has 0 aliphatic carbocycles. The number of aromatic carboxylic acids is 1. The molecule has 1 heterocycles. The molecule has 0 amide bonds. The largest absolute Gasteiger partial charge is 0.478 e. The Labute approximate surface area is 98.7 Å². The molecule has 5 nitrogen and oxygen atoms in total. The molecule has 0 saturated carbocycles. The van der Waals surface area contributed by atoms with Crippen molar-refractivity contribution in [3.63, 3.8) is 0 Å². The monoisotopic (exact) mass is 231 g/mol. The number of carboxylic acids is 1. The van der Waals surface area contributed by atoms with Gasteiger partial charge >= 0.3 is 5.97 Å². The third-order valence-electron chi connectivity index (χ3n) is 2.36. The first kappa shape index (κ1) is 11.2. The van der Waals surface area contributed by atoms with Crippen LogP contribution in [0.5, 0.6) is 0 Å². The Morgan fingerprint density at radius 1 is 1.47 bits per heavy atom. The minimum atomic E-state index is -0.912. The van der Waals surface area contributed by atoms with E-state index in [0.29, 0.717) is 12.1 Å². The van der Waals surface area contributed by atoms with Gasteiger partial charge in [-0.05, 0) is 17.7 Å². The summed E-state index contributed by atoms with van der Waals surface area (Å²) >= 11 is 0. The van der Waals surface area contributed by atoms with Crippen LogP contribution in [0.2, 0.25) is 0 Å². The molecule has 0 spiro atoms. The number of nitrogens with zero attached hydrogens (tertiary/aromatic N) is 2. The fourth-order valence-corrected chi connectivity index (χ4v) is 1.52. The lowest BCUT2D eigenvalue weighted by atomic mass is 10.1. The molecule has 0 bridgehead atoms. The topological polar surface area (TPSA) is 67.2 Å². The van der Waals surface area contributed by atoms with Gasteiger partial charge in [0.25, 0.3) is 0 Å². The van der Waals surface area contributed by atoms with Crippen molar-refractivity contribution in [1.29, 1.82) is 0 Å². The zero-order chi connectivity index (χ0) is 12.3. The van der Waals surface area contributed by atoms with Crippen LogP contribution >= 0.6 is 0 Å². The van der Waals surface area contributed by atoms with E-state index in [0.717, 1.165) is 11.4 Å². The fraction of sp³-hybridized carbons (Fsp3) is 0.167. The van der Waals surface area contributed by atoms with E-state index in [9.17, 15) is 4.79 Å². The molecule has 1 aromatic heterocycles. The zero-order valence-corrected chi connectivity index (χ0v) is 9.42. The SMILES string of the molecule is Cn1ccc(NCc2cccc(C(=O)O)c2)n1. The first-order chi connectivity index (χ1) is 8.15. The van der Waals surface area contributed by atoms with Crippen LogP contribution in [-0.4, -0.2) is 20.9 Å². The number of aromatic nitrogens is 2. The van der Waals surface area contributed by atoms with E-state index in [4.69, 9.17) is 5.11 Å². The molecule has 17 heavy (non-hydrogen) atoms. The molecule has 0 radical (unpaired) electrons. The third-order valence-corrected chi connectivity index (χ3v) is 2.36. The second kappa shape index (κ2) is 4.69. The van der Waals surface area contributed by atoms with Gasteiger partial charge in [0.15, 0.2) is 0 Å². The average Bonchev–Trinajstić information content (AvgIpc) is 2.73. The molecule has 0 aliphatic rings. The second-order valence-electron chi connectivity index (χ2n) is 3.73. The van der Waals surface area contributed by atoms with E-state index in [-0.39, 0.29) is 0 Å². The number of hydrogen-bond acceptors (Lipinski definition) is 3. The van der Waals surface area contributed by atoms with Gasteiger partial charge in [-0.2, -0.15) is 5.10 Å². The van der Waals surface area contributed by atoms with Crippen molar-refractivity contribution in [1.82, 2.24) is 9.78 Å². The van der Waals surface area contributed by atoms with Gasteiger partial charge in [-0.1, -0.05) is 12.1 Å². The summed E-state index contributed by atoms with van der Waals surface area (Å²) in [6.07, 6.45) is 1.84. The summed E-state index contributed by atoms with van der Waals surface area (Å²) in [7, 11) is 1.84. The van der Waals surface area contributed by atoms with Crippen molar-refractivity contribution in [3.05, 3.63) is 47.7 Å². The summed E-state index contributed by atoms with van der Waals surface area (Å²) in [4.78, 5) is 10.8. The second-order valence-corrected chi connectivity index (χ2v) is 3.73. The third kappa shape index (κ3) is 2.84. The van der Waals surface area contributed by atoms with Crippen LogP contribution in [0, 0.1) is 0 Å². The van der Waals surface area contributed by atoms with Gasteiger partial charge in [-0.25, -0.2) is 4.79 Å². The molecule has 2 rings (SSSR count). The van der Waals surface area contributed by atoms with E-state index < -0.39 is 5.97 Å². The van der Waals surface area contributed by atoms with Crippen molar-refractivity contribution in [2.45, 2.75) is 6.54 Å². The van der Waals surface area contributed by atoms with Crippen LogP contribution in [0.4, 0.5) is 5.82 Å². The molecule has 0 aliphatic heterocycles. The van der Waals surface area contributed by atoms with Gasteiger partial charge in [0, 0.05) is 25.9 Å². The molecule has 2 N–H and O–H groups in total. The molecule has 1 aromatic carbocycles. The molecule has 88 valence electrons. The molecule has 5 heteroatoms. The summed E-state index contributed by atoms with van der Waals surface area (Å²) in [5, 5.41) is 16.2. The van der Waals surface area contributed by atoms with E-state index in [2.05, 4.69) is 10.4 Å². The van der Waals surface area contributed by atoms with Gasteiger partial charge in [0.05, 0.1) is 5.56 Å². The van der Waals surface area contributed by atoms with Gasteiger partial charge in [-0.15, -0.1) is 0 Å². The summed E-state index contributed by atoms with van der Waals surface area (Å²) in [6, 6.07) is 8.70. The highest BCUT2D eigenvalue weighted by atomic mass is 16.4. The zero-order valence-electron chi connectivity index (χ0n) is 9.42. The standard InChI is InChI=1S/C12H13N3O2/c1-15-6-5-11(14-15)13-8-9-3-2-4-10(7-9)12(16)17/h2-7H,8H2,1H3,(H,13,14)(H,16,17). The van der Waals surface area contributed by atoms with Crippen molar-refractivity contribution >= 4 is 11.8 Å². The van der Waals surface area contributed by atoms with Crippen LogP contribution in [0.25, 0.3) is 0 Å². The number of anilines is 1. The van der Waals surface area contributed by atoms with Crippen LogP contribution < -0.4 is 5.32 Å². The number of carboxylic acid groups (broad SMARTS) is 1. The van der Waals surface area contributed by atoms with Crippen molar-refractivity contribution < 1.29 is 9.90 Å². The minimum absolute atomic E-state index is 0.297. The quantitative estimate of drug-likeness (QED) is 0.841. The Kier molecular flexibility index (Phi) is 3.09. The van der Waals surface area contributed by atoms with E-state index in [1.165, 1.54) is 0 Å². The maximum atomic E-state index is 10.8. The molecule has 2 aromatic rings. The van der Waals surface area contributed by atoms with E-state index in [1.807, 2.05) is 25.4 Å². The predicted octanol–water partition coefficient (Wildman–Crippen LogP) is 1.73. The predicted molar refractivity (Wildman–Crippen MR) is 63.9 cm³/mol. The number of rotatable bonds is 4. The summed E-state index contributed by atoms with van der Waals surface area (Å²) in [5.41, 5.74) is 1.21. The van der Waals surface area contributed by atoms with Crippen LogP contribution in [0.15, 0.2) is 36.5 Å². The fourth-order valence-electron chi connectivity index (χ4n) is 1.52. The maximum absolute atomic E-state index is 10.8. The van der Waals surface area contributed by atoms with Gasteiger partial charge in [-0.3, -0.25) is 4.68 Å². The van der Waals surface area contributed by atoms with Gasteiger partial charge < -0.3 is 10.4 Å². The normalized spacial score (nSPS) is 10.2. The number of hydrogen-bond donors (Lipinski definition) is 2. The number of nitrogens with one attached hydrogen (secondary N) is 1. The molecule has 0 fully saturated rings. The van der Waals surface area contributed by atoms with Crippen molar-refractivity contribution in [2.75, 3.05) is 5.32 Å². The van der Waals surface area contributed by atoms with E-state index >= 15 is 0 Å². The number of carbonyl (C=O) groups is 1. The van der Waals surface area contributed by atoms with Crippen molar-refractivity contribution in [3.8, 4) is 0 Å². The Balaban J connectivity index is 2.04.